The highest BCUT2D eigenvalue weighted by molar-refractivity contribution is 9.10. The maximum atomic E-state index is 12.7. The molecule has 0 bridgehead atoms. The van der Waals surface area contributed by atoms with E-state index >= 15 is 0 Å². The first-order valence-corrected chi connectivity index (χ1v) is 8.71. The Bertz CT molecular complexity index is 969. The minimum Gasteiger partial charge on any atom is -0.496 e. The van der Waals surface area contributed by atoms with E-state index < -0.39 is 5.91 Å². The summed E-state index contributed by atoms with van der Waals surface area (Å²) >= 11 is 4.91. The van der Waals surface area contributed by atoms with Crippen molar-refractivity contribution in [1.82, 2.24) is 4.57 Å². The van der Waals surface area contributed by atoms with E-state index in [1.54, 1.807) is 18.2 Å². The molecular formula is C17H15BrN2O3S. The molecule has 0 fully saturated rings. The monoisotopic (exact) mass is 406 g/mol. The van der Waals surface area contributed by atoms with Crippen LogP contribution >= 0.6 is 27.3 Å². The lowest BCUT2D eigenvalue weighted by molar-refractivity contribution is 0.0992. The zero-order valence-electron chi connectivity index (χ0n) is 13.4. The molecule has 0 unspecified atom stereocenters. The summed E-state index contributed by atoms with van der Waals surface area (Å²) in [5.74, 6) is 0.481. The third kappa shape index (κ3) is 2.97. The summed E-state index contributed by atoms with van der Waals surface area (Å²) in [5.41, 5.74) is 1.34. The van der Waals surface area contributed by atoms with Crippen LogP contribution in [0.3, 0.4) is 0 Å². The summed E-state index contributed by atoms with van der Waals surface area (Å²) in [6, 6.07) is 11.2. The fourth-order valence-corrected chi connectivity index (χ4v) is 3.99. The van der Waals surface area contributed by atoms with Gasteiger partial charge < -0.3 is 14.0 Å². The predicted molar refractivity (Wildman–Crippen MR) is 97.9 cm³/mol. The number of methoxy groups -OCH3 is 2. The lowest BCUT2D eigenvalue weighted by atomic mass is 10.1. The molecule has 2 aromatic carbocycles. The van der Waals surface area contributed by atoms with Gasteiger partial charge in [0.05, 0.1) is 24.4 Å². The van der Waals surface area contributed by atoms with Gasteiger partial charge in [-0.25, -0.2) is 0 Å². The Morgan fingerprint density at radius 3 is 2.46 bits per heavy atom. The average Bonchev–Trinajstić information content (AvgIpc) is 2.88. The Morgan fingerprint density at radius 1 is 1.17 bits per heavy atom. The molecule has 1 amide bonds. The van der Waals surface area contributed by atoms with Crippen molar-refractivity contribution in [3.63, 3.8) is 0 Å². The molecule has 0 aliphatic carbocycles. The number of hydrogen-bond donors (Lipinski definition) is 0. The summed E-state index contributed by atoms with van der Waals surface area (Å²) in [6.45, 7) is 0. The number of amides is 1. The van der Waals surface area contributed by atoms with E-state index in [0.29, 0.717) is 21.9 Å². The van der Waals surface area contributed by atoms with Crippen molar-refractivity contribution in [2.75, 3.05) is 14.2 Å². The number of carbonyl (C=O) groups is 1. The largest absolute Gasteiger partial charge is 0.496 e. The van der Waals surface area contributed by atoms with E-state index in [4.69, 9.17) is 9.47 Å². The number of nitrogens with zero attached hydrogens (tertiary/aromatic N) is 2. The summed E-state index contributed by atoms with van der Waals surface area (Å²) in [5, 5.41) is 0. The van der Waals surface area contributed by atoms with Crippen molar-refractivity contribution >= 4 is 43.4 Å². The zero-order chi connectivity index (χ0) is 17.3. The number of halogens is 1. The van der Waals surface area contributed by atoms with E-state index in [1.807, 2.05) is 29.8 Å². The van der Waals surface area contributed by atoms with Gasteiger partial charge in [-0.15, -0.1) is 0 Å². The Morgan fingerprint density at radius 2 is 1.83 bits per heavy atom. The van der Waals surface area contributed by atoms with Crippen LogP contribution < -0.4 is 14.3 Å². The van der Waals surface area contributed by atoms with Gasteiger partial charge in [0, 0.05) is 11.5 Å². The summed E-state index contributed by atoms with van der Waals surface area (Å²) in [6.07, 6.45) is 0. The SMILES string of the molecule is COc1cccc(OC)c1C(=O)N=c1sc2cc(Br)ccc2n1C. The van der Waals surface area contributed by atoms with Gasteiger partial charge in [-0.3, -0.25) is 4.79 Å². The van der Waals surface area contributed by atoms with E-state index in [1.165, 1.54) is 25.6 Å². The van der Waals surface area contributed by atoms with Gasteiger partial charge in [0.1, 0.15) is 17.1 Å². The van der Waals surface area contributed by atoms with Gasteiger partial charge in [-0.2, -0.15) is 4.99 Å². The van der Waals surface area contributed by atoms with Crippen LogP contribution in [0.25, 0.3) is 10.2 Å². The molecule has 0 saturated heterocycles. The first-order chi connectivity index (χ1) is 11.5. The fourth-order valence-electron chi connectivity index (χ4n) is 2.42. The van der Waals surface area contributed by atoms with Crippen LogP contribution in [0.5, 0.6) is 11.5 Å². The van der Waals surface area contributed by atoms with Crippen molar-refractivity contribution in [1.29, 1.82) is 0 Å². The average molecular weight is 407 g/mol. The maximum Gasteiger partial charge on any atom is 0.287 e. The maximum absolute atomic E-state index is 12.7. The molecule has 1 aromatic heterocycles. The lowest BCUT2D eigenvalue weighted by Gasteiger charge is -2.09. The normalized spacial score (nSPS) is 11.8. The number of carbonyl (C=O) groups excluding carboxylic acids is 1. The summed E-state index contributed by atoms with van der Waals surface area (Å²) in [4.78, 5) is 17.6. The number of ether oxygens (including phenoxy) is 2. The van der Waals surface area contributed by atoms with Crippen molar-refractivity contribution in [3.05, 3.63) is 51.2 Å². The molecular weight excluding hydrogens is 392 g/mol. The zero-order valence-corrected chi connectivity index (χ0v) is 15.8. The van der Waals surface area contributed by atoms with E-state index in [9.17, 15) is 4.79 Å². The van der Waals surface area contributed by atoms with Crippen LogP contribution in [0.2, 0.25) is 0 Å². The van der Waals surface area contributed by atoms with Gasteiger partial charge >= 0.3 is 0 Å². The minimum absolute atomic E-state index is 0.320. The van der Waals surface area contributed by atoms with Gasteiger partial charge in [-0.1, -0.05) is 33.3 Å². The van der Waals surface area contributed by atoms with Crippen LogP contribution in [-0.4, -0.2) is 24.7 Å². The molecule has 3 rings (SSSR count). The Hall–Kier alpha value is -2.12. The molecule has 24 heavy (non-hydrogen) atoms. The molecule has 3 aromatic rings. The second kappa shape index (κ2) is 6.78. The summed E-state index contributed by atoms with van der Waals surface area (Å²) < 4.78 is 14.5. The van der Waals surface area contributed by atoms with Crippen LogP contribution in [0, 0.1) is 0 Å². The molecule has 0 spiro atoms. The van der Waals surface area contributed by atoms with Gasteiger partial charge in [-0.05, 0) is 30.3 Å². The number of benzene rings is 2. The summed E-state index contributed by atoms with van der Waals surface area (Å²) in [7, 11) is 4.92. The van der Waals surface area contributed by atoms with Crippen molar-refractivity contribution in [2.24, 2.45) is 12.0 Å². The quantitative estimate of drug-likeness (QED) is 0.665. The van der Waals surface area contributed by atoms with E-state index in [0.717, 1.165) is 14.7 Å². The smallest absolute Gasteiger partial charge is 0.287 e. The number of fused-ring (bicyclic) bond motifs is 1. The number of aromatic nitrogens is 1. The molecule has 1 heterocycles. The second-order valence-electron chi connectivity index (χ2n) is 5.01. The minimum atomic E-state index is -0.398. The van der Waals surface area contributed by atoms with Gasteiger partial charge in [0.2, 0.25) is 0 Å². The van der Waals surface area contributed by atoms with Crippen LogP contribution in [0.1, 0.15) is 10.4 Å². The molecule has 0 radical (unpaired) electrons. The third-order valence-electron chi connectivity index (χ3n) is 3.61. The first kappa shape index (κ1) is 16.7. The Kier molecular flexibility index (Phi) is 4.73. The molecule has 0 saturated carbocycles. The molecule has 0 aliphatic heterocycles. The number of hydrogen-bond acceptors (Lipinski definition) is 4. The van der Waals surface area contributed by atoms with Crippen molar-refractivity contribution in [3.8, 4) is 11.5 Å². The first-order valence-electron chi connectivity index (χ1n) is 7.10. The topological polar surface area (TPSA) is 52.8 Å². The van der Waals surface area contributed by atoms with E-state index in [-0.39, 0.29) is 0 Å². The van der Waals surface area contributed by atoms with Crippen molar-refractivity contribution < 1.29 is 14.3 Å². The molecule has 7 heteroatoms. The van der Waals surface area contributed by atoms with Crippen LogP contribution in [-0.2, 0) is 7.05 Å². The van der Waals surface area contributed by atoms with Gasteiger partial charge in [0.15, 0.2) is 4.80 Å². The predicted octanol–water partition coefficient (Wildman–Crippen LogP) is 3.76. The lowest BCUT2D eigenvalue weighted by Crippen LogP contribution is -2.14. The Balaban J connectivity index is 2.16. The Labute approximate surface area is 151 Å². The highest BCUT2D eigenvalue weighted by Crippen LogP contribution is 2.29. The highest BCUT2D eigenvalue weighted by atomic mass is 79.9. The number of aryl methyl sites for hydroxylation is 1. The molecule has 0 N–H and O–H groups in total. The van der Waals surface area contributed by atoms with Gasteiger partial charge in [0.25, 0.3) is 5.91 Å². The number of thiazole rings is 1. The van der Waals surface area contributed by atoms with Crippen molar-refractivity contribution in [2.45, 2.75) is 0 Å². The highest BCUT2D eigenvalue weighted by Gasteiger charge is 2.18. The standard InChI is InChI=1S/C17H15BrN2O3S/c1-20-11-8-7-10(18)9-14(11)24-17(20)19-16(21)15-12(22-2)5-4-6-13(15)23-3/h4-9H,1-3H3. The van der Waals surface area contributed by atoms with Crippen LogP contribution in [0.4, 0.5) is 0 Å². The molecule has 0 atom stereocenters. The van der Waals surface area contributed by atoms with Crippen LogP contribution in [0.15, 0.2) is 45.9 Å². The second-order valence-corrected chi connectivity index (χ2v) is 6.93. The molecule has 0 aliphatic rings. The molecule has 124 valence electrons. The molecule has 5 nitrogen and oxygen atoms in total. The van der Waals surface area contributed by atoms with E-state index in [2.05, 4.69) is 20.9 Å². The third-order valence-corrected chi connectivity index (χ3v) is 5.20. The fraction of sp³-hybridized carbons (Fsp3) is 0.176. The number of rotatable bonds is 3.